The molecule has 0 spiro atoms. The van der Waals surface area contributed by atoms with Crippen molar-refractivity contribution in [2.24, 2.45) is 0 Å². The van der Waals surface area contributed by atoms with Gasteiger partial charge in [-0.05, 0) is 20.8 Å². The predicted octanol–water partition coefficient (Wildman–Crippen LogP) is 1.87. The van der Waals surface area contributed by atoms with Crippen molar-refractivity contribution in [1.29, 1.82) is 0 Å². The fraction of sp³-hybridized carbons (Fsp3) is 0.857. The summed E-state index contributed by atoms with van der Waals surface area (Å²) in [6, 6.07) is 0. The molecule has 0 N–H and O–H groups in total. The van der Waals surface area contributed by atoms with Gasteiger partial charge in [-0.1, -0.05) is 15.9 Å². The molecule has 3 heteroatoms. The largest absolute Gasteiger partial charge is 0.459 e. The molecule has 2 nitrogen and oxygen atoms in total. The smallest absolute Gasteiger partial charge is 0.323 e. The van der Waals surface area contributed by atoms with Crippen LogP contribution in [0.15, 0.2) is 0 Å². The minimum Gasteiger partial charge on any atom is -0.459 e. The zero-order chi connectivity index (χ0) is 7.99. The number of alkyl halides is 1. The third kappa shape index (κ3) is 1.34. The molecule has 0 aliphatic carbocycles. The zero-order valence-corrected chi connectivity index (χ0v) is 7.99. The minimum atomic E-state index is -0.462. The Balaban J connectivity index is 2.81. The Morgan fingerprint density at radius 1 is 1.50 bits per heavy atom. The SMILES string of the molecule is CC1(C)C[C@](C)(Br)C(=O)O1. The highest BCUT2D eigenvalue weighted by molar-refractivity contribution is 9.10. The summed E-state index contributed by atoms with van der Waals surface area (Å²) in [5, 5.41) is 0. The lowest BCUT2D eigenvalue weighted by Gasteiger charge is -2.15. The maximum atomic E-state index is 11.0. The Labute approximate surface area is 69.1 Å². The second kappa shape index (κ2) is 1.97. The van der Waals surface area contributed by atoms with Crippen LogP contribution < -0.4 is 0 Å². The summed E-state index contributed by atoms with van der Waals surface area (Å²) in [5.74, 6) is -0.155. The first kappa shape index (κ1) is 8.05. The van der Waals surface area contributed by atoms with Gasteiger partial charge in [-0.25, -0.2) is 0 Å². The van der Waals surface area contributed by atoms with E-state index >= 15 is 0 Å². The molecule has 0 aromatic carbocycles. The number of rotatable bonds is 0. The number of hydrogen-bond acceptors (Lipinski definition) is 2. The van der Waals surface area contributed by atoms with E-state index in [1.165, 1.54) is 0 Å². The van der Waals surface area contributed by atoms with Crippen molar-refractivity contribution in [3.05, 3.63) is 0 Å². The van der Waals surface area contributed by atoms with Crippen LogP contribution in [0.1, 0.15) is 27.2 Å². The molecule has 1 aliphatic heterocycles. The second-order valence-corrected chi connectivity index (χ2v) is 5.27. The van der Waals surface area contributed by atoms with Gasteiger partial charge in [0, 0.05) is 6.42 Å². The molecular formula is C7H11BrO2. The second-order valence-electron chi connectivity index (χ2n) is 3.52. The van der Waals surface area contributed by atoms with Gasteiger partial charge in [-0.2, -0.15) is 0 Å². The third-order valence-corrected chi connectivity index (χ3v) is 2.16. The molecule has 0 amide bonds. The molecule has 0 aromatic heterocycles. The fourth-order valence-electron chi connectivity index (χ4n) is 1.27. The summed E-state index contributed by atoms with van der Waals surface area (Å²) >= 11 is 3.31. The highest BCUT2D eigenvalue weighted by Crippen LogP contribution is 2.39. The Kier molecular flexibility index (Phi) is 1.59. The summed E-state index contributed by atoms with van der Waals surface area (Å²) in [5.41, 5.74) is -0.296. The van der Waals surface area contributed by atoms with Gasteiger partial charge in [0.05, 0.1) is 0 Å². The van der Waals surface area contributed by atoms with Gasteiger partial charge in [0.15, 0.2) is 0 Å². The van der Waals surface area contributed by atoms with E-state index < -0.39 is 4.32 Å². The first-order valence-electron chi connectivity index (χ1n) is 3.26. The average molecular weight is 207 g/mol. The van der Waals surface area contributed by atoms with E-state index in [1.807, 2.05) is 20.8 Å². The summed E-state index contributed by atoms with van der Waals surface area (Å²) in [4.78, 5) is 11.0. The first-order valence-corrected chi connectivity index (χ1v) is 4.05. The van der Waals surface area contributed by atoms with E-state index in [0.717, 1.165) is 6.42 Å². The van der Waals surface area contributed by atoms with E-state index in [2.05, 4.69) is 15.9 Å². The van der Waals surface area contributed by atoms with Crippen LogP contribution in [-0.2, 0) is 9.53 Å². The maximum Gasteiger partial charge on any atom is 0.323 e. The normalized spacial score (nSPS) is 37.8. The molecule has 1 heterocycles. The maximum absolute atomic E-state index is 11.0. The lowest BCUT2D eigenvalue weighted by molar-refractivity contribution is -0.147. The minimum absolute atomic E-state index is 0.155. The van der Waals surface area contributed by atoms with Crippen LogP contribution in [0, 0.1) is 0 Å². The van der Waals surface area contributed by atoms with Gasteiger partial charge in [-0.15, -0.1) is 0 Å². The van der Waals surface area contributed by atoms with Crippen LogP contribution in [0.5, 0.6) is 0 Å². The molecule has 1 fully saturated rings. The lowest BCUT2D eigenvalue weighted by atomic mass is 9.99. The monoisotopic (exact) mass is 206 g/mol. The molecule has 10 heavy (non-hydrogen) atoms. The van der Waals surface area contributed by atoms with Crippen molar-refractivity contribution in [3.63, 3.8) is 0 Å². The van der Waals surface area contributed by atoms with Crippen molar-refractivity contribution in [3.8, 4) is 0 Å². The van der Waals surface area contributed by atoms with Gasteiger partial charge < -0.3 is 4.74 Å². The highest BCUT2D eigenvalue weighted by atomic mass is 79.9. The van der Waals surface area contributed by atoms with Crippen LogP contribution in [0.3, 0.4) is 0 Å². The zero-order valence-electron chi connectivity index (χ0n) is 6.40. The van der Waals surface area contributed by atoms with Gasteiger partial charge in [-0.3, -0.25) is 4.79 Å². The summed E-state index contributed by atoms with van der Waals surface area (Å²) in [7, 11) is 0. The van der Waals surface area contributed by atoms with Gasteiger partial charge in [0.2, 0.25) is 0 Å². The Bertz CT molecular complexity index is 172. The summed E-state index contributed by atoms with van der Waals surface area (Å²) < 4.78 is 4.62. The molecular weight excluding hydrogens is 196 g/mol. The molecule has 0 aromatic rings. The quantitative estimate of drug-likeness (QED) is 0.447. The van der Waals surface area contributed by atoms with Crippen molar-refractivity contribution in [2.75, 3.05) is 0 Å². The molecule has 58 valence electrons. The number of esters is 1. The molecule has 0 radical (unpaired) electrons. The van der Waals surface area contributed by atoms with Crippen LogP contribution >= 0.6 is 15.9 Å². The molecule has 1 aliphatic rings. The van der Waals surface area contributed by atoms with E-state index in [9.17, 15) is 4.79 Å². The van der Waals surface area contributed by atoms with Crippen molar-refractivity contribution in [1.82, 2.24) is 0 Å². The summed E-state index contributed by atoms with van der Waals surface area (Å²) in [6.07, 6.45) is 0.735. The molecule has 0 bridgehead atoms. The number of carbonyl (C=O) groups is 1. The van der Waals surface area contributed by atoms with E-state index in [-0.39, 0.29) is 11.6 Å². The Hall–Kier alpha value is -0.0500. The van der Waals surface area contributed by atoms with E-state index in [1.54, 1.807) is 0 Å². The van der Waals surface area contributed by atoms with Crippen molar-refractivity contribution in [2.45, 2.75) is 37.1 Å². The number of hydrogen-bond donors (Lipinski definition) is 0. The third-order valence-electron chi connectivity index (χ3n) is 1.55. The van der Waals surface area contributed by atoms with Crippen LogP contribution in [0.4, 0.5) is 0 Å². The number of ether oxygens (including phenoxy) is 1. The standard InChI is InChI=1S/C7H11BrO2/c1-6(2)4-7(3,8)5(9)10-6/h4H2,1-3H3/t7-/m0/s1. The molecule has 0 saturated carbocycles. The molecule has 1 atom stereocenters. The van der Waals surface area contributed by atoms with E-state index in [4.69, 9.17) is 4.74 Å². The Morgan fingerprint density at radius 3 is 2.10 bits per heavy atom. The van der Waals surface area contributed by atoms with Crippen molar-refractivity contribution < 1.29 is 9.53 Å². The lowest BCUT2D eigenvalue weighted by Crippen LogP contribution is -2.21. The molecule has 0 unspecified atom stereocenters. The Morgan fingerprint density at radius 2 is 2.00 bits per heavy atom. The molecule has 1 saturated heterocycles. The molecule has 1 rings (SSSR count). The first-order chi connectivity index (χ1) is 4.33. The summed E-state index contributed by atoms with van der Waals surface area (Å²) in [6.45, 7) is 5.67. The van der Waals surface area contributed by atoms with Gasteiger partial charge in [0.25, 0.3) is 0 Å². The predicted molar refractivity (Wildman–Crippen MR) is 42.1 cm³/mol. The van der Waals surface area contributed by atoms with Gasteiger partial charge in [0.1, 0.15) is 9.93 Å². The number of halogens is 1. The van der Waals surface area contributed by atoms with Crippen molar-refractivity contribution >= 4 is 21.9 Å². The number of cyclic esters (lactones) is 1. The average Bonchev–Trinajstić information content (AvgIpc) is 1.73. The van der Waals surface area contributed by atoms with Crippen LogP contribution in [0.25, 0.3) is 0 Å². The van der Waals surface area contributed by atoms with Gasteiger partial charge >= 0.3 is 5.97 Å². The highest BCUT2D eigenvalue weighted by Gasteiger charge is 2.47. The number of carbonyl (C=O) groups excluding carboxylic acids is 1. The van der Waals surface area contributed by atoms with E-state index in [0.29, 0.717) is 0 Å². The van der Waals surface area contributed by atoms with Crippen LogP contribution in [0.2, 0.25) is 0 Å². The topological polar surface area (TPSA) is 26.3 Å². The fourth-order valence-corrected chi connectivity index (χ4v) is 2.02. The van der Waals surface area contributed by atoms with Crippen LogP contribution in [-0.4, -0.2) is 15.9 Å².